The summed E-state index contributed by atoms with van der Waals surface area (Å²) < 4.78 is 15.9. The highest BCUT2D eigenvalue weighted by Crippen LogP contribution is 2.30. The maximum atomic E-state index is 14.0. The Bertz CT molecular complexity index is 1160. The van der Waals surface area contributed by atoms with Crippen LogP contribution in [0, 0.1) is 12.7 Å². The Kier molecular flexibility index (Phi) is 8.79. The zero-order chi connectivity index (χ0) is 24.7. The lowest BCUT2D eigenvalue weighted by Gasteiger charge is -2.15. The molecule has 4 rings (SSSR count). The molecule has 2 aromatic carbocycles. The topological polar surface area (TPSA) is 104 Å². The van der Waals surface area contributed by atoms with Crippen LogP contribution < -0.4 is 5.32 Å². The second-order valence-electron chi connectivity index (χ2n) is 8.03. The highest BCUT2D eigenvalue weighted by atomic mass is 35.5. The second-order valence-corrected chi connectivity index (χ2v) is 8.44. The highest BCUT2D eigenvalue weighted by molar-refractivity contribution is 6.32. The Morgan fingerprint density at radius 1 is 1.09 bits per heavy atom. The number of benzene rings is 2. The fourth-order valence-electron chi connectivity index (χ4n) is 3.86. The molecular weight excluding hydrogens is 461 g/mol. The largest absolute Gasteiger partial charge is 0.481 e. The number of aromatic nitrogens is 2. The zero-order valence-corrected chi connectivity index (χ0v) is 19.6. The SMILES string of the molecule is Cc1cc(Cc2ccccc2F)nn1-c1c(Cl)ccc2c1CCNCC2.O=C(O)CCC(=O)O. The molecule has 1 aliphatic heterocycles. The number of fused-ring (bicyclic) bond motifs is 1. The fourth-order valence-corrected chi connectivity index (χ4v) is 4.11. The predicted molar refractivity (Wildman–Crippen MR) is 127 cm³/mol. The van der Waals surface area contributed by atoms with Gasteiger partial charge in [-0.3, -0.25) is 9.59 Å². The Morgan fingerprint density at radius 3 is 2.44 bits per heavy atom. The first kappa shape index (κ1) is 25.4. The first-order chi connectivity index (χ1) is 16.3. The minimum atomic E-state index is -1.08. The molecule has 1 aromatic heterocycles. The van der Waals surface area contributed by atoms with Crippen molar-refractivity contribution in [3.05, 3.63) is 81.4 Å². The van der Waals surface area contributed by atoms with Crippen molar-refractivity contribution in [1.29, 1.82) is 0 Å². The van der Waals surface area contributed by atoms with Crippen molar-refractivity contribution in [1.82, 2.24) is 15.1 Å². The Balaban J connectivity index is 0.000000350. The minimum Gasteiger partial charge on any atom is -0.481 e. The normalized spacial score (nSPS) is 12.8. The maximum absolute atomic E-state index is 14.0. The molecule has 0 radical (unpaired) electrons. The van der Waals surface area contributed by atoms with Crippen molar-refractivity contribution in [2.75, 3.05) is 13.1 Å². The van der Waals surface area contributed by atoms with E-state index in [2.05, 4.69) is 11.4 Å². The molecule has 3 aromatic rings. The number of halogens is 2. The number of aliphatic carboxylic acids is 2. The van der Waals surface area contributed by atoms with Crippen LogP contribution in [0.4, 0.5) is 4.39 Å². The van der Waals surface area contributed by atoms with Crippen LogP contribution in [0.3, 0.4) is 0 Å². The van der Waals surface area contributed by atoms with E-state index in [1.54, 1.807) is 12.1 Å². The van der Waals surface area contributed by atoms with Gasteiger partial charge < -0.3 is 15.5 Å². The molecule has 3 N–H and O–H groups in total. The maximum Gasteiger partial charge on any atom is 0.303 e. The van der Waals surface area contributed by atoms with Crippen molar-refractivity contribution < 1.29 is 24.2 Å². The number of carboxylic acid groups (broad SMARTS) is 2. The molecule has 34 heavy (non-hydrogen) atoms. The van der Waals surface area contributed by atoms with Gasteiger partial charge in [-0.1, -0.05) is 35.9 Å². The number of hydrogen-bond acceptors (Lipinski definition) is 4. The summed E-state index contributed by atoms with van der Waals surface area (Å²) in [4.78, 5) is 19.3. The summed E-state index contributed by atoms with van der Waals surface area (Å²) in [6.45, 7) is 3.93. The summed E-state index contributed by atoms with van der Waals surface area (Å²) in [5.74, 6) is -2.35. The molecule has 0 unspecified atom stereocenters. The van der Waals surface area contributed by atoms with Crippen LogP contribution in [-0.4, -0.2) is 45.0 Å². The third-order valence-corrected chi connectivity index (χ3v) is 5.79. The zero-order valence-electron chi connectivity index (χ0n) is 18.9. The van der Waals surface area contributed by atoms with E-state index in [0.29, 0.717) is 17.0 Å². The fraction of sp³-hybridized carbons (Fsp3) is 0.320. The van der Waals surface area contributed by atoms with Crippen LogP contribution >= 0.6 is 11.6 Å². The van der Waals surface area contributed by atoms with Crippen LogP contribution in [-0.2, 0) is 28.9 Å². The number of hydrogen-bond donors (Lipinski definition) is 3. The average molecular weight is 488 g/mol. The number of carbonyl (C=O) groups is 2. The number of nitrogens with one attached hydrogen (secondary N) is 1. The Morgan fingerprint density at radius 2 is 1.76 bits per heavy atom. The van der Waals surface area contributed by atoms with Crippen molar-refractivity contribution in [3.8, 4) is 5.69 Å². The molecule has 0 aliphatic carbocycles. The monoisotopic (exact) mass is 487 g/mol. The van der Waals surface area contributed by atoms with E-state index in [4.69, 9.17) is 26.9 Å². The van der Waals surface area contributed by atoms with E-state index in [0.717, 1.165) is 43.0 Å². The van der Waals surface area contributed by atoms with Gasteiger partial charge in [-0.15, -0.1) is 0 Å². The highest BCUT2D eigenvalue weighted by Gasteiger charge is 2.19. The molecule has 0 atom stereocenters. The van der Waals surface area contributed by atoms with Gasteiger partial charge in [0, 0.05) is 12.1 Å². The van der Waals surface area contributed by atoms with Gasteiger partial charge in [0.25, 0.3) is 0 Å². The summed E-state index contributed by atoms with van der Waals surface area (Å²) >= 11 is 6.57. The molecule has 7 nitrogen and oxygen atoms in total. The summed E-state index contributed by atoms with van der Waals surface area (Å²) in [5.41, 5.74) is 6.03. The summed E-state index contributed by atoms with van der Waals surface area (Å²) in [6.07, 6.45) is 1.79. The van der Waals surface area contributed by atoms with Gasteiger partial charge in [0.1, 0.15) is 5.82 Å². The lowest BCUT2D eigenvalue weighted by molar-refractivity contribution is -0.143. The van der Waals surface area contributed by atoms with Crippen molar-refractivity contribution in [2.24, 2.45) is 0 Å². The lowest BCUT2D eigenvalue weighted by atomic mass is 10.0. The van der Waals surface area contributed by atoms with E-state index in [9.17, 15) is 14.0 Å². The van der Waals surface area contributed by atoms with E-state index in [1.165, 1.54) is 17.2 Å². The van der Waals surface area contributed by atoms with Crippen LogP contribution in [0.15, 0.2) is 42.5 Å². The van der Waals surface area contributed by atoms with Crippen LogP contribution in [0.1, 0.15) is 40.9 Å². The van der Waals surface area contributed by atoms with E-state index >= 15 is 0 Å². The molecule has 0 saturated heterocycles. The average Bonchev–Trinajstić information content (AvgIpc) is 2.99. The Hall–Kier alpha value is -3.23. The van der Waals surface area contributed by atoms with Gasteiger partial charge >= 0.3 is 11.9 Å². The summed E-state index contributed by atoms with van der Waals surface area (Å²) in [5, 5.41) is 24.7. The predicted octanol–water partition coefficient (Wildman–Crippen LogP) is 4.19. The van der Waals surface area contributed by atoms with Gasteiger partial charge in [0.2, 0.25) is 0 Å². The molecule has 0 bridgehead atoms. The van der Waals surface area contributed by atoms with Crippen LogP contribution in [0.5, 0.6) is 0 Å². The number of rotatable bonds is 6. The molecular formula is C25H27ClFN3O4. The number of aryl methyl sites for hydroxylation is 1. The van der Waals surface area contributed by atoms with Crippen molar-refractivity contribution in [2.45, 2.75) is 39.0 Å². The van der Waals surface area contributed by atoms with Crippen molar-refractivity contribution in [3.63, 3.8) is 0 Å². The standard InChI is InChI=1S/C21H21ClFN3.C4H6O4/c1-14-12-17(13-16-4-2-3-5-20(16)23)25-26(14)21-18-9-11-24-10-8-15(18)6-7-19(21)22;5-3(6)1-2-4(7)8/h2-7,12,24H,8-11,13H2,1H3;1-2H2,(H,5,6)(H,7,8). The molecule has 9 heteroatoms. The Labute approximate surface area is 202 Å². The summed E-state index contributed by atoms with van der Waals surface area (Å²) in [7, 11) is 0. The first-order valence-electron chi connectivity index (χ1n) is 11.0. The first-order valence-corrected chi connectivity index (χ1v) is 11.4. The molecule has 0 saturated carbocycles. The molecule has 0 spiro atoms. The van der Waals surface area contributed by atoms with Gasteiger partial charge in [-0.2, -0.15) is 5.10 Å². The van der Waals surface area contributed by atoms with Crippen LogP contribution in [0.25, 0.3) is 5.69 Å². The van der Waals surface area contributed by atoms with Gasteiger partial charge in [0.05, 0.1) is 29.2 Å². The quantitative estimate of drug-likeness (QED) is 0.481. The second kappa shape index (κ2) is 11.8. The van der Waals surface area contributed by atoms with Gasteiger partial charge in [-0.05, 0) is 67.7 Å². The minimum absolute atomic E-state index is 0.197. The third kappa shape index (κ3) is 6.65. The van der Waals surface area contributed by atoms with Crippen molar-refractivity contribution >= 4 is 23.5 Å². The molecule has 2 heterocycles. The molecule has 0 amide bonds. The van der Waals surface area contributed by atoms with Crippen LogP contribution in [0.2, 0.25) is 5.02 Å². The number of carboxylic acids is 2. The molecule has 1 aliphatic rings. The molecule has 180 valence electrons. The lowest BCUT2D eigenvalue weighted by Crippen LogP contribution is -2.16. The van der Waals surface area contributed by atoms with E-state index < -0.39 is 11.9 Å². The van der Waals surface area contributed by atoms with Gasteiger partial charge in [0.15, 0.2) is 0 Å². The smallest absolute Gasteiger partial charge is 0.303 e. The van der Waals surface area contributed by atoms with Gasteiger partial charge in [-0.25, -0.2) is 9.07 Å². The third-order valence-electron chi connectivity index (χ3n) is 5.49. The van der Waals surface area contributed by atoms with E-state index in [1.807, 2.05) is 29.8 Å². The number of nitrogens with zero attached hydrogens (tertiary/aromatic N) is 2. The van der Waals surface area contributed by atoms with E-state index in [-0.39, 0.29) is 18.7 Å². The summed E-state index contributed by atoms with van der Waals surface area (Å²) in [6, 6.07) is 12.9. The molecule has 0 fully saturated rings.